The van der Waals surface area contributed by atoms with Crippen LogP contribution in [0.15, 0.2) is 36.4 Å². The maximum Gasteiger partial charge on any atom is 0.203 e. The molecule has 0 spiro atoms. The molecule has 0 amide bonds. The standard InChI is InChI=1S/C19H18O4S3/c1-20-13-7-5-11(6-8-13)18-16(19(24)26-25-18)12-9-14(21-2)17(23-4)15(10-12)22-3/h5-10H,1-4H3. The number of hydrogen-bond acceptors (Lipinski definition) is 7. The predicted octanol–water partition coefficient (Wildman–Crippen LogP) is 5.91. The summed E-state index contributed by atoms with van der Waals surface area (Å²) in [7, 11) is 9.70. The van der Waals surface area contributed by atoms with Crippen molar-refractivity contribution in [3.8, 4) is 44.6 Å². The number of rotatable bonds is 6. The Morgan fingerprint density at radius 1 is 0.731 bits per heavy atom. The van der Waals surface area contributed by atoms with Gasteiger partial charge in [0.25, 0.3) is 0 Å². The quantitative estimate of drug-likeness (QED) is 0.376. The van der Waals surface area contributed by atoms with Crippen molar-refractivity contribution >= 4 is 32.9 Å². The third-order valence-corrected chi connectivity index (χ3v) is 7.00. The Kier molecular flexibility index (Phi) is 5.80. The average molecular weight is 407 g/mol. The summed E-state index contributed by atoms with van der Waals surface area (Å²) in [6.45, 7) is 0. The largest absolute Gasteiger partial charge is 0.497 e. The molecule has 0 saturated heterocycles. The molecule has 0 aliphatic carbocycles. The van der Waals surface area contributed by atoms with Crippen molar-refractivity contribution in [3.63, 3.8) is 0 Å². The van der Waals surface area contributed by atoms with Gasteiger partial charge in [-0.1, -0.05) is 32.9 Å². The first-order chi connectivity index (χ1) is 12.6. The highest BCUT2D eigenvalue weighted by Crippen LogP contribution is 2.46. The summed E-state index contributed by atoms with van der Waals surface area (Å²) in [6.07, 6.45) is 0. The van der Waals surface area contributed by atoms with E-state index in [4.69, 9.17) is 31.2 Å². The average Bonchev–Trinajstić information content (AvgIpc) is 3.08. The van der Waals surface area contributed by atoms with Crippen molar-refractivity contribution < 1.29 is 18.9 Å². The van der Waals surface area contributed by atoms with Crippen LogP contribution in [0.2, 0.25) is 0 Å². The lowest BCUT2D eigenvalue weighted by Crippen LogP contribution is -1.95. The Hall–Kier alpha value is -2.09. The molecule has 0 bridgehead atoms. The molecule has 4 nitrogen and oxygen atoms in total. The molecule has 0 radical (unpaired) electrons. The third-order valence-electron chi connectivity index (χ3n) is 3.94. The molecule has 1 aromatic heterocycles. The summed E-state index contributed by atoms with van der Waals surface area (Å²) in [4.78, 5) is 1.11. The number of benzene rings is 2. The maximum absolute atomic E-state index is 5.62. The molecule has 1 heterocycles. The van der Waals surface area contributed by atoms with E-state index in [9.17, 15) is 0 Å². The van der Waals surface area contributed by atoms with Crippen LogP contribution >= 0.6 is 32.9 Å². The normalized spacial score (nSPS) is 10.5. The van der Waals surface area contributed by atoms with Crippen molar-refractivity contribution in [1.29, 1.82) is 0 Å². The first-order valence-electron chi connectivity index (χ1n) is 7.70. The Balaban J connectivity index is 2.18. The van der Waals surface area contributed by atoms with E-state index in [0.717, 1.165) is 31.1 Å². The second-order valence-electron chi connectivity index (χ2n) is 5.30. The SMILES string of the molecule is COc1ccc(-c2ssc(=S)c2-c2cc(OC)c(OC)c(OC)c2)cc1. The summed E-state index contributed by atoms with van der Waals surface area (Å²) in [5.74, 6) is 2.60. The van der Waals surface area contributed by atoms with Gasteiger partial charge >= 0.3 is 0 Å². The van der Waals surface area contributed by atoms with Crippen LogP contribution in [0.5, 0.6) is 23.0 Å². The lowest BCUT2D eigenvalue weighted by Gasteiger charge is -2.14. The van der Waals surface area contributed by atoms with Gasteiger partial charge in [0.1, 0.15) is 9.57 Å². The lowest BCUT2D eigenvalue weighted by atomic mass is 10.0. The highest BCUT2D eigenvalue weighted by atomic mass is 32.9. The molecule has 0 unspecified atom stereocenters. The Bertz CT molecular complexity index is 933. The minimum atomic E-state index is 0.564. The number of methoxy groups -OCH3 is 4. The topological polar surface area (TPSA) is 36.9 Å². The summed E-state index contributed by atoms with van der Waals surface area (Å²) >= 11 is 5.62. The molecular formula is C19H18O4S3. The summed E-state index contributed by atoms with van der Waals surface area (Å²) in [6, 6.07) is 11.8. The van der Waals surface area contributed by atoms with Crippen LogP contribution in [0.1, 0.15) is 0 Å². The molecule has 3 rings (SSSR count). The molecule has 2 aromatic carbocycles. The fraction of sp³-hybridized carbons (Fsp3) is 0.211. The number of ether oxygens (including phenoxy) is 4. The van der Waals surface area contributed by atoms with E-state index < -0.39 is 0 Å². The van der Waals surface area contributed by atoms with Gasteiger partial charge in [0, 0.05) is 5.56 Å². The van der Waals surface area contributed by atoms with Gasteiger partial charge in [-0.3, -0.25) is 0 Å². The van der Waals surface area contributed by atoms with Crippen molar-refractivity contribution in [2.24, 2.45) is 0 Å². The predicted molar refractivity (Wildman–Crippen MR) is 110 cm³/mol. The van der Waals surface area contributed by atoms with E-state index in [0.29, 0.717) is 17.2 Å². The van der Waals surface area contributed by atoms with Crippen molar-refractivity contribution in [3.05, 3.63) is 40.2 Å². The lowest BCUT2D eigenvalue weighted by molar-refractivity contribution is 0.324. The maximum atomic E-state index is 5.62. The minimum absolute atomic E-state index is 0.564. The monoisotopic (exact) mass is 406 g/mol. The molecule has 7 heteroatoms. The molecular weight excluding hydrogens is 388 g/mol. The highest BCUT2D eigenvalue weighted by Gasteiger charge is 2.19. The van der Waals surface area contributed by atoms with Gasteiger partial charge in [-0.25, -0.2) is 0 Å². The van der Waals surface area contributed by atoms with Crippen LogP contribution in [0.3, 0.4) is 0 Å². The van der Waals surface area contributed by atoms with Crippen LogP contribution in [0.25, 0.3) is 21.6 Å². The third kappa shape index (κ3) is 3.42. The van der Waals surface area contributed by atoms with E-state index >= 15 is 0 Å². The smallest absolute Gasteiger partial charge is 0.203 e. The molecule has 0 N–H and O–H groups in total. The zero-order valence-electron chi connectivity index (χ0n) is 14.8. The van der Waals surface area contributed by atoms with E-state index in [1.165, 1.54) is 0 Å². The van der Waals surface area contributed by atoms with Gasteiger partial charge in [-0.2, -0.15) is 0 Å². The second kappa shape index (κ2) is 8.07. The molecule has 136 valence electrons. The molecule has 3 aromatic rings. The fourth-order valence-corrected chi connectivity index (χ4v) is 5.58. The van der Waals surface area contributed by atoms with Crippen LogP contribution in [0.4, 0.5) is 0 Å². The van der Waals surface area contributed by atoms with Gasteiger partial charge in [0.15, 0.2) is 11.5 Å². The zero-order chi connectivity index (χ0) is 18.7. The van der Waals surface area contributed by atoms with E-state index in [2.05, 4.69) is 0 Å². The van der Waals surface area contributed by atoms with Crippen molar-refractivity contribution in [2.75, 3.05) is 28.4 Å². The molecule has 0 saturated carbocycles. The van der Waals surface area contributed by atoms with Crippen LogP contribution in [-0.2, 0) is 0 Å². The van der Waals surface area contributed by atoms with E-state index in [1.807, 2.05) is 36.4 Å². The van der Waals surface area contributed by atoms with E-state index in [-0.39, 0.29) is 0 Å². The van der Waals surface area contributed by atoms with Crippen molar-refractivity contribution in [2.45, 2.75) is 0 Å². The van der Waals surface area contributed by atoms with Crippen LogP contribution in [-0.4, -0.2) is 28.4 Å². The molecule has 0 aliphatic heterocycles. The number of hydrogen-bond donors (Lipinski definition) is 0. The van der Waals surface area contributed by atoms with Crippen LogP contribution in [0, 0.1) is 3.82 Å². The van der Waals surface area contributed by atoms with Crippen LogP contribution < -0.4 is 18.9 Å². The molecule has 0 atom stereocenters. The van der Waals surface area contributed by atoms with E-state index in [1.54, 1.807) is 49.1 Å². The second-order valence-corrected chi connectivity index (χ2v) is 8.12. The minimum Gasteiger partial charge on any atom is -0.497 e. The summed E-state index contributed by atoms with van der Waals surface area (Å²) < 4.78 is 22.5. The van der Waals surface area contributed by atoms with Crippen molar-refractivity contribution in [1.82, 2.24) is 0 Å². The molecule has 0 aliphatic rings. The van der Waals surface area contributed by atoms with Gasteiger partial charge in [0.2, 0.25) is 5.75 Å². The first kappa shape index (κ1) is 18.7. The molecule has 0 fully saturated rings. The van der Waals surface area contributed by atoms with Gasteiger partial charge in [-0.15, -0.1) is 0 Å². The Morgan fingerprint density at radius 3 is 1.85 bits per heavy atom. The Morgan fingerprint density at radius 2 is 1.35 bits per heavy atom. The zero-order valence-corrected chi connectivity index (χ0v) is 17.3. The fourth-order valence-electron chi connectivity index (χ4n) is 2.66. The first-order valence-corrected chi connectivity index (χ1v) is 10.3. The van der Waals surface area contributed by atoms with Gasteiger partial charge in [0.05, 0.1) is 33.3 Å². The summed E-state index contributed by atoms with van der Waals surface area (Å²) in [5.41, 5.74) is 3.03. The summed E-state index contributed by atoms with van der Waals surface area (Å²) in [5, 5.41) is 0. The Labute approximate surface area is 164 Å². The molecule has 26 heavy (non-hydrogen) atoms. The van der Waals surface area contributed by atoms with Gasteiger partial charge in [-0.05, 0) is 47.5 Å². The highest BCUT2D eigenvalue weighted by molar-refractivity contribution is 7.80. The van der Waals surface area contributed by atoms with Gasteiger partial charge < -0.3 is 18.9 Å².